The maximum Gasteiger partial charge on any atom is 0.234 e. The number of nitrogens with one attached hydrogen (secondary N) is 1. The van der Waals surface area contributed by atoms with Crippen molar-refractivity contribution in [1.29, 1.82) is 0 Å². The number of thiazole rings is 1. The molecular weight excluding hydrogens is 427 g/mol. The highest BCUT2D eigenvalue weighted by Crippen LogP contribution is 2.37. The molecule has 2 heterocycles. The van der Waals surface area contributed by atoms with Crippen molar-refractivity contribution in [3.05, 3.63) is 53.7 Å². The van der Waals surface area contributed by atoms with Crippen LogP contribution in [0.1, 0.15) is 0 Å². The lowest BCUT2D eigenvalue weighted by Gasteiger charge is -2.10. The lowest BCUT2D eigenvalue weighted by Crippen LogP contribution is -2.15. The number of carbonyl (C=O) groups excluding carboxylic acids is 1. The fraction of sp³-hybridized carbons (Fsp3) is 0.150. The zero-order valence-corrected chi connectivity index (χ0v) is 17.7. The third-order valence-electron chi connectivity index (χ3n) is 4.28. The number of fused-ring (bicyclic) bond motifs is 1. The molecule has 7 nitrogen and oxygen atoms in total. The summed E-state index contributed by atoms with van der Waals surface area (Å²) in [5.74, 6) is 0.609. The number of para-hydroxylation sites is 1. The van der Waals surface area contributed by atoms with Crippen LogP contribution in [0.25, 0.3) is 16.2 Å². The summed E-state index contributed by atoms with van der Waals surface area (Å²) in [5, 5.41) is 13.5. The molecule has 0 radical (unpaired) electrons. The van der Waals surface area contributed by atoms with Gasteiger partial charge in [-0.15, -0.1) is 21.5 Å². The Morgan fingerprint density at radius 3 is 2.80 bits per heavy atom. The number of halogens is 1. The lowest BCUT2D eigenvalue weighted by molar-refractivity contribution is -0.113. The summed E-state index contributed by atoms with van der Waals surface area (Å²) in [4.78, 5) is 13.0. The topological polar surface area (TPSA) is 77.8 Å². The van der Waals surface area contributed by atoms with Gasteiger partial charge in [0.1, 0.15) is 17.3 Å². The van der Waals surface area contributed by atoms with E-state index >= 15 is 0 Å². The molecule has 30 heavy (non-hydrogen) atoms. The summed E-state index contributed by atoms with van der Waals surface area (Å²) in [6.07, 6.45) is 0. The minimum atomic E-state index is -0.481. The summed E-state index contributed by atoms with van der Waals surface area (Å²) in [7, 11) is 3.20. The molecule has 0 aliphatic carbocycles. The van der Waals surface area contributed by atoms with Crippen LogP contribution in [0.15, 0.2) is 53.0 Å². The van der Waals surface area contributed by atoms with Gasteiger partial charge < -0.3 is 14.8 Å². The first kappa shape index (κ1) is 20.2. The maximum atomic E-state index is 13.7. The van der Waals surface area contributed by atoms with Gasteiger partial charge in [0.25, 0.3) is 0 Å². The fourth-order valence-corrected chi connectivity index (χ4v) is 4.50. The molecular formula is C20H17FN4O3S2. The number of rotatable bonds is 7. The number of anilines is 1. The Bertz CT molecular complexity index is 1210. The molecule has 0 aliphatic heterocycles. The second-order valence-corrected chi connectivity index (χ2v) is 7.88. The Kier molecular flexibility index (Phi) is 5.86. The first-order chi connectivity index (χ1) is 14.6. The molecule has 0 saturated heterocycles. The molecule has 154 valence electrons. The Hall–Kier alpha value is -3.11. The van der Waals surface area contributed by atoms with E-state index in [0.717, 1.165) is 11.3 Å². The summed E-state index contributed by atoms with van der Waals surface area (Å²) < 4.78 is 26.4. The second kappa shape index (κ2) is 8.72. The standard InChI is InChI=1S/C20H17FN4O3S2/c1-27-12-7-8-17(28-2)13(9-12)16-10-29-19-23-24-20(25(16)19)30-11-18(26)22-15-6-4-3-5-14(15)21/h3-10H,11H2,1-2H3,(H,22,26). The number of nitrogens with zero attached hydrogens (tertiary/aromatic N) is 3. The van der Waals surface area contributed by atoms with Gasteiger partial charge in [-0.05, 0) is 30.3 Å². The third-order valence-corrected chi connectivity index (χ3v) is 6.03. The third kappa shape index (κ3) is 3.96. The van der Waals surface area contributed by atoms with Gasteiger partial charge in [0.05, 0.1) is 31.4 Å². The van der Waals surface area contributed by atoms with Gasteiger partial charge in [-0.1, -0.05) is 23.9 Å². The predicted octanol–water partition coefficient (Wildman–Crippen LogP) is 4.34. The quantitative estimate of drug-likeness (QED) is 0.427. The van der Waals surface area contributed by atoms with Crippen LogP contribution in [0.4, 0.5) is 10.1 Å². The number of ether oxygens (including phenoxy) is 2. The van der Waals surface area contributed by atoms with Gasteiger partial charge in [-0.25, -0.2) is 4.39 Å². The van der Waals surface area contributed by atoms with Crippen molar-refractivity contribution in [3.63, 3.8) is 0 Å². The van der Waals surface area contributed by atoms with E-state index in [0.29, 0.717) is 21.6 Å². The van der Waals surface area contributed by atoms with E-state index in [2.05, 4.69) is 15.5 Å². The van der Waals surface area contributed by atoms with E-state index in [-0.39, 0.29) is 17.3 Å². The number of hydrogen-bond acceptors (Lipinski definition) is 7. The molecule has 2 aromatic carbocycles. The molecule has 2 aromatic heterocycles. The summed E-state index contributed by atoms with van der Waals surface area (Å²) in [6, 6.07) is 11.6. The van der Waals surface area contributed by atoms with Crippen molar-refractivity contribution in [3.8, 4) is 22.8 Å². The Morgan fingerprint density at radius 2 is 2.03 bits per heavy atom. The van der Waals surface area contributed by atoms with Gasteiger partial charge in [0.15, 0.2) is 5.16 Å². The molecule has 1 N–H and O–H groups in total. The van der Waals surface area contributed by atoms with Crippen LogP contribution in [-0.2, 0) is 4.79 Å². The van der Waals surface area contributed by atoms with Gasteiger partial charge in [-0.2, -0.15) is 0 Å². The van der Waals surface area contributed by atoms with Crippen LogP contribution in [0, 0.1) is 5.82 Å². The molecule has 1 amide bonds. The van der Waals surface area contributed by atoms with Crippen LogP contribution in [0.2, 0.25) is 0 Å². The second-order valence-electron chi connectivity index (χ2n) is 6.10. The molecule has 0 bridgehead atoms. The Labute approximate surface area is 179 Å². The Morgan fingerprint density at radius 1 is 1.20 bits per heavy atom. The van der Waals surface area contributed by atoms with Crippen LogP contribution in [0.5, 0.6) is 11.5 Å². The Balaban J connectivity index is 1.59. The molecule has 0 fully saturated rings. The maximum absolute atomic E-state index is 13.7. The highest BCUT2D eigenvalue weighted by Gasteiger charge is 2.18. The normalized spacial score (nSPS) is 10.9. The zero-order chi connectivity index (χ0) is 21.1. The van der Waals surface area contributed by atoms with Gasteiger partial charge >= 0.3 is 0 Å². The van der Waals surface area contributed by atoms with Gasteiger partial charge in [0, 0.05) is 10.9 Å². The van der Waals surface area contributed by atoms with Crippen molar-refractivity contribution >= 4 is 39.7 Å². The summed E-state index contributed by atoms with van der Waals surface area (Å²) in [5.41, 5.74) is 1.79. The molecule has 0 aliphatic rings. The number of carbonyl (C=O) groups is 1. The fourth-order valence-electron chi connectivity index (χ4n) is 2.87. The van der Waals surface area contributed by atoms with Gasteiger partial charge in [-0.3, -0.25) is 9.20 Å². The van der Waals surface area contributed by atoms with Crippen LogP contribution < -0.4 is 14.8 Å². The highest BCUT2D eigenvalue weighted by molar-refractivity contribution is 7.99. The number of methoxy groups -OCH3 is 2. The number of amides is 1. The molecule has 4 aromatic rings. The van der Waals surface area contributed by atoms with Crippen molar-refractivity contribution in [1.82, 2.24) is 14.6 Å². The van der Waals surface area contributed by atoms with E-state index in [1.165, 1.54) is 35.2 Å². The van der Waals surface area contributed by atoms with Crippen LogP contribution in [0.3, 0.4) is 0 Å². The number of aromatic nitrogens is 3. The number of thioether (sulfide) groups is 1. The van der Waals surface area contributed by atoms with Crippen molar-refractivity contribution in [2.45, 2.75) is 5.16 Å². The van der Waals surface area contributed by atoms with Crippen molar-refractivity contribution in [2.75, 3.05) is 25.3 Å². The van der Waals surface area contributed by atoms with Crippen molar-refractivity contribution < 1.29 is 18.7 Å². The van der Waals surface area contributed by atoms with E-state index < -0.39 is 5.82 Å². The van der Waals surface area contributed by atoms with E-state index in [1.807, 2.05) is 28.0 Å². The van der Waals surface area contributed by atoms with Crippen LogP contribution in [-0.4, -0.2) is 40.5 Å². The molecule has 0 saturated carbocycles. The highest BCUT2D eigenvalue weighted by atomic mass is 32.2. The summed E-state index contributed by atoms with van der Waals surface area (Å²) in [6.45, 7) is 0. The lowest BCUT2D eigenvalue weighted by atomic mass is 10.1. The first-order valence-corrected chi connectivity index (χ1v) is 10.7. The summed E-state index contributed by atoms with van der Waals surface area (Å²) >= 11 is 2.65. The van der Waals surface area contributed by atoms with E-state index in [4.69, 9.17) is 9.47 Å². The monoisotopic (exact) mass is 444 g/mol. The number of benzene rings is 2. The molecule has 4 rings (SSSR count). The molecule has 0 atom stereocenters. The average Bonchev–Trinajstić information content (AvgIpc) is 3.36. The van der Waals surface area contributed by atoms with E-state index in [9.17, 15) is 9.18 Å². The SMILES string of the molecule is COc1ccc(OC)c(-c2csc3nnc(SCC(=O)Nc4ccccc4F)n23)c1. The number of hydrogen-bond donors (Lipinski definition) is 1. The van der Waals surface area contributed by atoms with Crippen molar-refractivity contribution in [2.24, 2.45) is 0 Å². The average molecular weight is 445 g/mol. The van der Waals surface area contributed by atoms with Gasteiger partial charge in [0.2, 0.25) is 10.9 Å². The van der Waals surface area contributed by atoms with E-state index in [1.54, 1.807) is 26.4 Å². The molecule has 10 heteroatoms. The molecule has 0 unspecified atom stereocenters. The minimum absolute atomic E-state index is 0.0552. The molecule has 0 spiro atoms. The largest absolute Gasteiger partial charge is 0.497 e. The first-order valence-electron chi connectivity index (χ1n) is 8.83. The smallest absolute Gasteiger partial charge is 0.234 e. The van der Waals surface area contributed by atoms with Crippen LogP contribution >= 0.6 is 23.1 Å². The predicted molar refractivity (Wildman–Crippen MR) is 115 cm³/mol. The zero-order valence-electron chi connectivity index (χ0n) is 16.1. The minimum Gasteiger partial charge on any atom is -0.497 e.